The zero-order valence-corrected chi connectivity index (χ0v) is 11.7. The van der Waals surface area contributed by atoms with Gasteiger partial charge in [0.1, 0.15) is 14.5 Å². The van der Waals surface area contributed by atoms with E-state index in [2.05, 4.69) is 6.07 Å². The van der Waals surface area contributed by atoms with Crippen molar-refractivity contribution in [2.24, 2.45) is 0 Å². The van der Waals surface area contributed by atoms with Crippen molar-refractivity contribution in [2.75, 3.05) is 0 Å². The van der Waals surface area contributed by atoms with Crippen LogP contribution in [0.4, 0.5) is 0 Å². The van der Waals surface area contributed by atoms with Gasteiger partial charge in [-0.25, -0.2) is 0 Å². The summed E-state index contributed by atoms with van der Waals surface area (Å²) >= 11 is 34.4. The number of alkyl halides is 6. The molecule has 1 aromatic rings. The van der Waals surface area contributed by atoms with Crippen LogP contribution in [0.1, 0.15) is 31.2 Å². The number of hydrogen-bond donors (Lipinski definition) is 0. The predicted octanol–water partition coefficient (Wildman–Crippen LogP) is 5.92. The molecule has 0 saturated carbocycles. The summed E-state index contributed by atoms with van der Waals surface area (Å²) < 4.78 is 0. The van der Waals surface area contributed by atoms with E-state index >= 15 is 0 Å². The summed E-state index contributed by atoms with van der Waals surface area (Å²) in [7, 11) is 0. The van der Waals surface area contributed by atoms with Crippen LogP contribution in [0.3, 0.4) is 0 Å². The lowest BCUT2D eigenvalue weighted by Crippen LogP contribution is -1.96. The van der Waals surface area contributed by atoms with Gasteiger partial charge in [-0.2, -0.15) is 0 Å². The second-order valence-corrected chi connectivity index (χ2v) is 5.97. The van der Waals surface area contributed by atoms with Crippen molar-refractivity contribution in [1.82, 2.24) is 0 Å². The van der Waals surface area contributed by atoms with Crippen molar-refractivity contribution in [3.05, 3.63) is 34.9 Å². The average molecular weight is 326 g/mol. The van der Waals surface area contributed by atoms with Gasteiger partial charge < -0.3 is 0 Å². The Balaban J connectivity index is 3.21. The molecule has 0 unspecified atom stereocenters. The molecule has 0 N–H and O–H groups in total. The third-order valence-corrected chi connectivity index (χ3v) is 3.10. The molecule has 0 saturated heterocycles. The fraction of sp³-hybridized carbons (Fsp3) is 0.333. The van der Waals surface area contributed by atoms with E-state index in [0.717, 1.165) is 0 Å². The maximum absolute atomic E-state index is 5.76. The Morgan fingerprint density at radius 2 is 1.40 bits per heavy atom. The topological polar surface area (TPSA) is 0 Å². The first-order valence-corrected chi connectivity index (χ1v) is 6.45. The molecule has 0 atom stereocenters. The van der Waals surface area contributed by atoms with Crippen LogP contribution < -0.4 is 0 Å². The average Bonchev–Trinajstić information content (AvgIpc) is 2.16. The van der Waals surface area contributed by atoms with Crippen LogP contribution in [0.2, 0.25) is 0 Å². The van der Waals surface area contributed by atoms with E-state index in [4.69, 9.17) is 69.6 Å². The van der Waals surface area contributed by atoms with E-state index in [1.54, 1.807) is 12.1 Å². The molecule has 1 aromatic carbocycles. The van der Waals surface area contributed by atoms with Gasteiger partial charge in [-0.1, -0.05) is 12.1 Å². The van der Waals surface area contributed by atoms with Gasteiger partial charge in [0.25, 0.3) is 0 Å². The van der Waals surface area contributed by atoms with Crippen LogP contribution in [-0.4, -0.2) is 0 Å². The van der Waals surface area contributed by atoms with Gasteiger partial charge in [-0.15, -0.1) is 69.6 Å². The van der Waals surface area contributed by atoms with Crippen LogP contribution in [0, 0.1) is 6.07 Å². The molecular weight excluding hydrogens is 321 g/mol. The molecule has 1 radical (unpaired) electrons. The van der Waals surface area contributed by atoms with E-state index in [0.29, 0.717) is 16.7 Å². The summed E-state index contributed by atoms with van der Waals surface area (Å²) in [6, 6.07) is 6.26. The zero-order chi connectivity index (χ0) is 11.6. The minimum Gasteiger partial charge on any atom is -0.100 e. The molecule has 0 aliphatic heterocycles. The molecule has 0 amide bonds. The molecule has 1 rings (SSSR count). The highest BCUT2D eigenvalue weighted by atomic mass is 35.5. The van der Waals surface area contributed by atoms with Gasteiger partial charge >= 0.3 is 0 Å². The number of halogens is 6. The lowest BCUT2D eigenvalue weighted by Gasteiger charge is -2.12. The van der Waals surface area contributed by atoms with Crippen molar-refractivity contribution in [1.29, 1.82) is 0 Å². The van der Waals surface area contributed by atoms with E-state index in [1.807, 2.05) is 0 Å². The molecule has 0 heterocycles. The SMILES string of the molecule is ClC(Cl)c1[c]c(C(Cl)Cl)c(C(Cl)Cl)cc1. The lowest BCUT2D eigenvalue weighted by molar-refractivity contribution is 1.17. The Bertz CT molecular complexity index is 333. The van der Waals surface area contributed by atoms with Gasteiger partial charge in [-0.05, 0) is 22.8 Å². The maximum Gasteiger partial charge on any atom is 0.133 e. The molecule has 0 aliphatic carbocycles. The summed E-state index contributed by atoms with van der Waals surface area (Å²) in [4.78, 5) is -2.17. The van der Waals surface area contributed by atoms with E-state index in [9.17, 15) is 0 Å². The van der Waals surface area contributed by atoms with E-state index < -0.39 is 14.5 Å². The van der Waals surface area contributed by atoms with Crippen LogP contribution in [-0.2, 0) is 0 Å². The zero-order valence-electron chi connectivity index (χ0n) is 7.15. The summed E-state index contributed by atoms with van der Waals surface area (Å²) in [5.41, 5.74) is 1.68. The molecule has 15 heavy (non-hydrogen) atoms. The molecule has 6 heteroatoms. The Morgan fingerprint density at radius 3 is 1.80 bits per heavy atom. The molecule has 83 valence electrons. The van der Waals surface area contributed by atoms with Crippen LogP contribution in [0.5, 0.6) is 0 Å². The number of hydrogen-bond acceptors (Lipinski definition) is 0. The highest BCUT2D eigenvalue weighted by Crippen LogP contribution is 2.38. The van der Waals surface area contributed by atoms with Crippen molar-refractivity contribution in [3.8, 4) is 0 Å². The lowest BCUT2D eigenvalue weighted by atomic mass is 10.1. The normalized spacial score (nSPS) is 11.8. The van der Waals surface area contributed by atoms with Crippen molar-refractivity contribution in [3.63, 3.8) is 0 Å². The first-order valence-electron chi connectivity index (χ1n) is 3.84. The van der Waals surface area contributed by atoms with Gasteiger partial charge in [0.2, 0.25) is 0 Å². The third-order valence-electron chi connectivity index (χ3n) is 1.72. The van der Waals surface area contributed by atoms with E-state index in [1.165, 1.54) is 0 Å². The van der Waals surface area contributed by atoms with Gasteiger partial charge in [0.15, 0.2) is 0 Å². The molecular formula is C9H5Cl6. The standard InChI is InChI=1S/C9H5Cl6/c10-7(11)4-1-2-5(8(12)13)6(3-4)9(14)15/h1-2,7-9H. The second kappa shape index (κ2) is 6.05. The summed E-state index contributed by atoms with van der Waals surface area (Å²) in [6.45, 7) is 0. The fourth-order valence-electron chi connectivity index (χ4n) is 1.04. The molecule has 0 fully saturated rings. The fourth-order valence-corrected chi connectivity index (χ4v) is 2.03. The van der Waals surface area contributed by atoms with Crippen LogP contribution >= 0.6 is 69.6 Å². The van der Waals surface area contributed by atoms with Gasteiger partial charge in [0, 0.05) is 0 Å². The summed E-state index contributed by atoms with van der Waals surface area (Å²) in [6.07, 6.45) is 0. The Kier molecular flexibility index (Phi) is 5.65. The largest absolute Gasteiger partial charge is 0.133 e. The Hall–Kier alpha value is 0.960. The molecule has 0 spiro atoms. The molecule has 0 nitrogen and oxygen atoms in total. The van der Waals surface area contributed by atoms with Crippen LogP contribution in [0.25, 0.3) is 0 Å². The van der Waals surface area contributed by atoms with Crippen LogP contribution in [0.15, 0.2) is 12.1 Å². The van der Waals surface area contributed by atoms with Gasteiger partial charge in [-0.3, -0.25) is 0 Å². The van der Waals surface area contributed by atoms with Crippen molar-refractivity contribution in [2.45, 2.75) is 14.5 Å². The van der Waals surface area contributed by atoms with E-state index in [-0.39, 0.29) is 0 Å². The Morgan fingerprint density at radius 1 is 0.800 bits per heavy atom. The number of rotatable bonds is 3. The predicted molar refractivity (Wildman–Crippen MR) is 68.6 cm³/mol. The quantitative estimate of drug-likeness (QED) is 0.605. The molecule has 0 aliphatic rings. The number of benzene rings is 1. The molecule has 0 aromatic heterocycles. The van der Waals surface area contributed by atoms with Crippen molar-refractivity contribution >= 4 is 69.6 Å². The van der Waals surface area contributed by atoms with Gasteiger partial charge in [0.05, 0.1) is 0 Å². The molecule has 0 bridgehead atoms. The minimum atomic E-state index is -0.771. The highest BCUT2D eigenvalue weighted by molar-refractivity contribution is 6.46. The maximum atomic E-state index is 5.76. The second-order valence-electron chi connectivity index (χ2n) is 2.68. The summed E-state index contributed by atoms with van der Waals surface area (Å²) in [5.74, 6) is 0. The minimum absolute atomic E-state index is 0.497. The third kappa shape index (κ3) is 3.73. The Labute approximate surface area is 118 Å². The first-order chi connectivity index (χ1) is 6.93. The monoisotopic (exact) mass is 323 g/mol. The first kappa shape index (κ1) is 14.0. The summed E-state index contributed by atoms with van der Waals surface area (Å²) in [5, 5.41) is 0. The van der Waals surface area contributed by atoms with Crippen molar-refractivity contribution < 1.29 is 0 Å². The smallest absolute Gasteiger partial charge is 0.100 e. The highest BCUT2D eigenvalue weighted by Gasteiger charge is 2.17.